The molecule has 106 valence electrons. The summed E-state index contributed by atoms with van der Waals surface area (Å²) >= 11 is 3.31. The van der Waals surface area contributed by atoms with E-state index in [0.29, 0.717) is 5.56 Å². The molecule has 6 heteroatoms. The van der Waals surface area contributed by atoms with Gasteiger partial charge in [0.1, 0.15) is 0 Å². The van der Waals surface area contributed by atoms with Gasteiger partial charge in [-0.3, -0.25) is 4.98 Å². The van der Waals surface area contributed by atoms with E-state index in [4.69, 9.17) is 5.73 Å². The van der Waals surface area contributed by atoms with Crippen LogP contribution in [0.1, 0.15) is 28.3 Å². The van der Waals surface area contributed by atoms with E-state index in [2.05, 4.69) is 20.9 Å². The van der Waals surface area contributed by atoms with Crippen LogP contribution in [0.4, 0.5) is 13.2 Å². The van der Waals surface area contributed by atoms with Gasteiger partial charge in [-0.15, -0.1) is 0 Å². The standard InChI is InChI=1S/C14H12BrF3N2/c1-8-6-9(15)2-3-10(8)13(19)11-7-20-5-4-12(11)14(16,17)18/h2-7,13H,19H2,1H3. The van der Waals surface area contributed by atoms with Crippen LogP contribution in [-0.4, -0.2) is 4.98 Å². The minimum atomic E-state index is -4.45. The number of hydrogen-bond donors (Lipinski definition) is 1. The monoisotopic (exact) mass is 344 g/mol. The Balaban J connectivity index is 2.51. The van der Waals surface area contributed by atoms with E-state index in [1.54, 1.807) is 12.1 Å². The number of benzene rings is 1. The number of nitrogens with zero attached hydrogens (tertiary/aromatic N) is 1. The lowest BCUT2D eigenvalue weighted by molar-refractivity contribution is -0.138. The molecule has 0 bridgehead atoms. The molecule has 2 aromatic rings. The number of alkyl halides is 3. The molecule has 1 unspecified atom stereocenters. The first-order valence-corrected chi connectivity index (χ1v) is 6.62. The van der Waals surface area contributed by atoms with Crippen LogP contribution in [0.2, 0.25) is 0 Å². The van der Waals surface area contributed by atoms with Gasteiger partial charge in [0.05, 0.1) is 11.6 Å². The lowest BCUT2D eigenvalue weighted by Crippen LogP contribution is -2.19. The summed E-state index contributed by atoms with van der Waals surface area (Å²) in [5.41, 5.74) is 6.71. The van der Waals surface area contributed by atoms with Gasteiger partial charge < -0.3 is 5.73 Å². The summed E-state index contributed by atoms with van der Waals surface area (Å²) in [4.78, 5) is 3.76. The second-order valence-corrected chi connectivity index (χ2v) is 5.35. The van der Waals surface area contributed by atoms with Crippen LogP contribution in [0.3, 0.4) is 0 Å². The van der Waals surface area contributed by atoms with Gasteiger partial charge >= 0.3 is 6.18 Å². The Morgan fingerprint density at radius 1 is 1.20 bits per heavy atom. The van der Waals surface area contributed by atoms with Gasteiger partial charge in [0.2, 0.25) is 0 Å². The average Bonchev–Trinajstić information content (AvgIpc) is 2.37. The van der Waals surface area contributed by atoms with Gasteiger partial charge in [0.15, 0.2) is 0 Å². The summed E-state index contributed by atoms with van der Waals surface area (Å²) in [5, 5.41) is 0. The Kier molecular flexibility index (Phi) is 4.15. The maximum atomic E-state index is 13.0. The molecule has 1 aromatic carbocycles. The molecule has 0 saturated carbocycles. The molecule has 1 aromatic heterocycles. The fourth-order valence-electron chi connectivity index (χ4n) is 2.07. The highest BCUT2D eigenvalue weighted by Gasteiger charge is 2.35. The fourth-order valence-corrected chi connectivity index (χ4v) is 2.54. The van der Waals surface area contributed by atoms with Crippen molar-refractivity contribution in [3.8, 4) is 0 Å². The molecular weight excluding hydrogens is 333 g/mol. The van der Waals surface area contributed by atoms with Gasteiger partial charge in [-0.2, -0.15) is 13.2 Å². The number of aromatic nitrogens is 1. The molecule has 2 N–H and O–H groups in total. The molecule has 1 heterocycles. The molecule has 0 saturated heterocycles. The van der Waals surface area contributed by atoms with Gasteiger partial charge in [-0.1, -0.05) is 22.0 Å². The molecule has 20 heavy (non-hydrogen) atoms. The zero-order valence-corrected chi connectivity index (χ0v) is 12.2. The quantitative estimate of drug-likeness (QED) is 0.885. The first-order valence-electron chi connectivity index (χ1n) is 5.83. The van der Waals surface area contributed by atoms with Gasteiger partial charge in [0.25, 0.3) is 0 Å². The number of halogens is 4. The molecule has 0 fully saturated rings. The summed E-state index contributed by atoms with van der Waals surface area (Å²) in [6, 6.07) is 5.37. The van der Waals surface area contributed by atoms with Crippen molar-refractivity contribution in [2.45, 2.75) is 19.1 Å². The SMILES string of the molecule is Cc1cc(Br)ccc1C(N)c1cnccc1C(F)(F)F. The maximum absolute atomic E-state index is 13.0. The van der Waals surface area contributed by atoms with Crippen molar-refractivity contribution in [3.05, 3.63) is 63.4 Å². The highest BCUT2D eigenvalue weighted by Crippen LogP contribution is 2.36. The molecular formula is C14H12BrF3N2. The van der Waals surface area contributed by atoms with Crippen LogP contribution < -0.4 is 5.73 Å². The fraction of sp³-hybridized carbons (Fsp3) is 0.214. The Bertz CT molecular complexity index is 626. The number of hydrogen-bond acceptors (Lipinski definition) is 2. The largest absolute Gasteiger partial charge is 0.416 e. The predicted octanol–water partition coefficient (Wildman–Crippen LogP) is 4.22. The molecule has 0 aliphatic carbocycles. The number of pyridine rings is 1. The van der Waals surface area contributed by atoms with Crippen LogP contribution in [0.25, 0.3) is 0 Å². The summed E-state index contributed by atoms with van der Waals surface area (Å²) in [7, 11) is 0. The van der Waals surface area contributed by atoms with E-state index < -0.39 is 17.8 Å². The van der Waals surface area contributed by atoms with Crippen LogP contribution in [0, 0.1) is 6.92 Å². The normalized spacial score (nSPS) is 13.3. The lowest BCUT2D eigenvalue weighted by Gasteiger charge is -2.19. The number of rotatable bonds is 2. The van der Waals surface area contributed by atoms with Gasteiger partial charge in [0, 0.05) is 22.4 Å². The average molecular weight is 345 g/mol. The molecule has 2 rings (SSSR count). The van der Waals surface area contributed by atoms with Crippen molar-refractivity contribution < 1.29 is 13.2 Å². The maximum Gasteiger partial charge on any atom is 0.416 e. The number of nitrogens with two attached hydrogens (primary N) is 1. The molecule has 0 aliphatic heterocycles. The van der Waals surface area contributed by atoms with Crippen molar-refractivity contribution in [2.75, 3.05) is 0 Å². The van der Waals surface area contributed by atoms with Crippen LogP contribution >= 0.6 is 15.9 Å². The van der Waals surface area contributed by atoms with E-state index in [-0.39, 0.29) is 5.56 Å². The zero-order chi connectivity index (χ0) is 14.9. The Hall–Kier alpha value is -1.40. The van der Waals surface area contributed by atoms with E-state index in [0.717, 1.165) is 22.3 Å². The third kappa shape index (κ3) is 3.02. The molecule has 0 aliphatic rings. The molecule has 1 atom stereocenters. The van der Waals surface area contributed by atoms with E-state index in [1.165, 1.54) is 6.20 Å². The van der Waals surface area contributed by atoms with Crippen LogP contribution in [0.5, 0.6) is 0 Å². The highest BCUT2D eigenvalue weighted by molar-refractivity contribution is 9.10. The Morgan fingerprint density at radius 2 is 1.90 bits per heavy atom. The molecule has 0 radical (unpaired) electrons. The van der Waals surface area contributed by atoms with Crippen molar-refractivity contribution >= 4 is 15.9 Å². The minimum absolute atomic E-state index is 0.0228. The smallest absolute Gasteiger partial charge is 0.320 e. The Morgan fingerprint density at radius 3 is 2.50 bits per heavy atom. The highest BCUT2D eigenvalue weighted by atomic mass is 79.9. The van der Waals surface area contributed by atoms with Crippen LogP contribution in [-0.2, 0) is 6.18 Å². The summed E-state index contributed by atoms with van der Waals surface area (Å²) in [6.07, 6.45) is -2.15. The molecule has 2 nitrogen and oxygen atoms in total. The van der Waals surface area contributed by atoms with Crippen LogP contribution in [0.15, 0.2) is 41.1 Å². The second kappa shape index (κ2) is 5.54. The summed E-state index contributed by atoms with van der Waals surface area (Å²) < 4.78 is 39.8. The second-order valence-electron chi connectivity index (χ2n) is 4.44. The first kappa shape index (κ1) is 15.0. The summed E-state index contributed by atoms with van der Waals surface area (Å²) in [6.45, 7) is 1.81. The molecule has 0 amide bonds. The third-order valence-electron chi connectivity index (χ3n) is 3.06. The summed E-state index contributed by atoms with van der Waals surface area (Å²) in [5.74, 6) is 0. The number of aryl methyl sites for hydroxylation is 1. The van der Waals surface area contributed by atoms with Crippen molar-refractivity contribution in [2.24, 2.45) is 5.73 Å². The molecule has 0 spiro atoms. The van der Waals surface area contributed by atoms with E-state index >= 15 is 0 Å². The topological polar surface area (TPSA) is 38.9 Å². The predicted molar refractivity (Wildman–Crippen MR) is 74.1 cm³/mol. The van der Waals surface area contributed by atoms with Crippen molar-refractivity contribution in [1.82, 2.24) is 4.98 Å². The van der Waals surface area contributed by atoms with Gasteiger partial charge in [-0.05, 0) is 36.2 Å². The third-order valence-corrected chi connectivity index (χ3v) is 3.55. The first-order chi connectivity index (χ1) is 9.30. The van der Waals surface area contributed by atoms with Crippen molar-refractivity contribution in [3.63, 3.8) is 0 Å². The minimum Gasteiger partial charge on any atom is -0.320 e. The lowest BCUT2D eigenvalue weighted by atomic mass is 9.94. The van der Waals surface area contributed by atoms with Crippen molar-refractivity contribution in [1.29, 1.82) is 0 Å². The van der Waals surface area contributed by atoms with E-state index in [1.807, 2.05) is 13.0 Å². The van der Waals surface area contributed by atoms with Gasteiger partial charge in [-0.25, -0.2) is 0 Å². The van der Waals surface area contributed by atoms with E-state index in [9.17, 15) is 13.2 Å². The zero-order valence-electron chi connectivity index (χ0n) is 10.6. The Labute approximate surface area is 123 Å².